The van der Waals surface area contributed by atoms with Gasteiger partial charge >= 0.3 is 0 Å². The molecule has 1 aliphatic rings. The fourth-order valence-corrected chi connectivity index (χ4v) is 4.44. The van der Waals surface area contributed by atoms with Gasteiger partial charge in [0.1, 0.15) is 0 Å². The fourth-order valence-electron chi connectivity index (χ4n) is 3.58. The van der Waals surface area contributed by atoms with Gasteiger partial charge in [0, 0.05) is 37.1 Å². The maximum Gasteiger partial charge on any atom is 0.251 e. The summed E-state index contributed by atoms with van der Waals surface area (Å²) in [6, 6.07) is 12.4. The first-order valence-corrected chi connectivity index (χ1v) is 11.2. The molecule has 0 spiro atoms. The number of likely N-dealkylation sites (tertiary alicyclic amines) is 1. The Balaban J connectivity index is 0.00000320. The Morgan fingerprint density at radius 3 is 2.47 bits per heavy atom. The zero-order valence-corrected chi connectivity index (χ0v) is 20.8. The summed E-state index contributed by atoms with van der Waals surface area (Å²) in [5.74, 6) is 0.754. The average molecular weight is 542 g/mol. The van der Waals surface area contributed by atoms with Crippen LogP contribution in [0.15, 0.2) is 46.8 Å². The minimum absolute atomic E-state index is 0. The number of carbonyl (C=O) groups is 1. The van der Waals surface area contributed by atoms with Crippen molar-refractivity contribution in [3.8, 4) is 0 Å². The Labute approximate surface area is 200 Å². The van der Waals surface area contributed by atoms with Crippen molar-refractivity contribution in [2.45, 2.75) is 32.4 Å². The van der Waals surface area contributed by atoms with E-state index in [0.717, 1.165) is 31.2 Å². The van der Waals surface area contributed by atoms with Gasteiger partial charge in [-0.05, 0) is 62.0 Å². The van der Waals surface area contributed by atoms with E-state index in [1.165, 1.54) is 17.7 Å². The maximum absolute atomic E-state index is 11.9. The molecule has 1 saturated heterocycles. The number of aliphatic imine (C=N–C) groups is 1. The second kappa shape index (κ2) is 12.9. The van der Waals surface area contributed by atoms with E-state index in [4.69, 9.17) is 0 Å². The number of nitrogens with one attached hydrogen (secondary N) is 3. The summed E-state index contributed by atoms with van der Waals surface area (Å²) in [6.45, 7) is 6.36. The molecule has 8 heteroatoms. The molecule has 0 bridgehead atoms. The van der Waals surface area contributed by atoms with Gasteiger partial charge in [-0.1, -0.05) is 18.2 Å². The smallest absolute Gasteiger partial charge is 0.251 e. The molecule has 0 saturated carbocycles. The normalized spacial score (nSPS) is 15.3. The molecule has 1 atom stereocenters. The number of rotatable bonds is 8. The monoisotopic (exact) mass is 541 g/mol. The van der Waals surface area contributed by atoms with Gasteiger partial charge in [0.15, 0.2) is 5.96 Å². The molecule has 3 rings (SSSR count). The lowest BCUT2D eigenvalue weighted by atomic mass is 10.1. The third-order valence-electron chi connectivity index (χ3n) is 5.15. The van der Waals surface area contributed by atoms with Gasteiger partial charge in [0.2, 0.25) is 0 Å². The molecule has 164 valence electrons. The molecule has 1 aromatic heterocycles. The van der Waals surface area contributed by atoms with E-state index in [0.29, 0.717) is 24.7 Å². The molecule has 1 unspecified atom stereocenters. The van der Waals surface area contributed by atoms with Crippen LogP contribution in [-0.2, 0) is 6.54 Å². The molecule has 1 aliphatic heterocycles. The van der Waals surface area contributed by atoms with Crippen LogP contribution in [0, 0.1) is 0 Å². The highest BCUT2D eigenvalue weighted by molar-refractivity contribution is 14.0. The zero-order chi connectivity index (χ0) is 20.5. The summed E-state index contributed by atoms with van der Waals surface area (Å²) in [6.07, 6.45) is 2.56. The predicted octanol–water partition coefficient (Wildman–Crippen LogP) is 3.62. The van der Waals surface area contributed by atoms with Gasteiger partial charge in [0.25, 0.3) is 5.91 Å². The molecule has 3 N–H and O–H groups in total. The van der Waals surface area contributed by atoms with E-state index in [1.54, 1.807) is 7.05 Å². The van der Waals surface area contributed by atoms with E-state index < -0.39 is 0 Å². The van der Waals surface area contributed by atoms with Crippen LogP contribution in [0.4, 0.5) is 0 Å². The number of halogens is 1. The van der Waals surface area contributed by atoms with Crippen molar-refractivity contribution < 1.29 is 4.79 Å². The number of guanidine groups is 1. The third kappa shape index (κ3) is 6.95. The lowest BCUT2D eigenvalue weighted by Crippen LogP contribution is -2.42. The van der Waals surface area contributed by atoms with Crippen molar-refractivity contribution in [2.75, 3.05) is 33.2 Å². The maximum atomic E-state index is 11.9. The van der Waals surface area contributed by atoms with Crippen molar-refractivity contribution in [3.05, 3.63) is 57.8 Å². The minimum atomic E-state index is -0.0361. The first-order chi connectivity index (χ1) is 14.2. The lowest BCUT2D eigenvalue weighted by molar-refractivity contribution is 0.0956. The Hall–Kier alpha value is -1.65. The molecule has 2 aromatic rings. The number of hydrogen-bond acceptors (Lipinski definition) is 4. The average Bonchev–Trinajstić information content (AvgIpc) is 3.46. The number of thiophene rings is 1. The first-order valence-electron chi connectivity index (χ1n) is 10.3. The predicted molar refractivity (Wildman–Crippen MR) is 136 cm³/mol. The van der Waals surface area contributed by atoms with Gasteiger partial charge in [-0.15, -0.1) is 35.3 Å². The van der Waals surface area contributed by atoms with Gasteiger partial charge in [-0.3, -0.25) is 14.7 Å². The van der Waals surface area contributed by atoms with Crippen molar-refractivity contribution in [1.29, 1.82) is 0 Å². The Morgan fingerprint density at radius 2 is 1.87 bits per heavy atom. The van der Waals surface area contributed by atoms with Crippen molar-refractivity contribution >= 4 is 47.2 Å². The van der Waals surface area contributed by atoms with E-state index in [-0.39, 0.29) is 29.9 Å². The quantitative estimate of drug-likeness (QED) is 0.272. The van der Waals surface area contributed by atoms with Gasteiger partial charge in [0.05, 0.1) is 6.04 Å². The Morgan fingerprint density at radius 1 is 1.13 bits per heavy atom. The van der Waals surface area contributed by atoms with Crippen LogP contribution in [-0.4, -0.2) is 50.0 Å². The van der Waals surface area contributed by atoms with Gasteiger partial charge in [-0.2, -0.15) is 0 Å². The molecular formula is C22H32IN5OS. The van der Waals surface area contributed by atoms with Crippen LogP contribution in [0.2, 0.25) is 0 Å². The molecule has 0 radical (unpaired) electrons. The van der Waals surface area contributed by atoms with Crippen LogP contribution >= 0.6 is 35.3 Å². The van der Waals surface area contributed by atoms with E-state index in [9.17, 15) is 4.79 Å². The molecule has 6 nitrogen and oxygen atoms in total. The van der Waals surface area contributed by atoms with E-state index >= 15 is 0 Å². The minimum Gasteiger partial charge on any atom is -0.354 e. The molecule has 0 aliphatic carbocycles. The molecular weight excluding hydrogens is 509 g/mol. The number of hydrogen-bond donors (Lipinski definition) is 3. The van der Waals surface area contributed by atoms with Crippen molar-refractivity contribution in [2.24, 2.45) is 4.99 Å². The Kier molecular flexibility index (Phi) is 10.6. The highest BCUT2D eigenvalue weighted by atomic mass is 127. The second-order valence-corrected chi connectivity index (χ2v) is 8.12. The molecule has 30 heavy (non-hydrogen) atoms. The molecule has 1 aromatic carbocycles. The summed E-state index contributed by atoms with van der Waals surface area (Å²) in [7, 11) is 1.80. The third-order valence-corrected chi connectivity index (χ3v) is 6.13. The molecule has 2 heterocycles. The number of amides is 1. The second-order valence-electron chi connectivity index (χ2n) is 7.14. The Bertz CT molecular complexity index is 788. The van der Waals surface area contributed by atoms with Gasteiger partial charge < -0.3 is 16.0 Å². The lowest BCUT2D eigenvalue weighted by Gasteiger charge is -2.27. The molecule has 1 amide bonds. The van der Waals surface area contributed by atoms with Crippen LogP contribution < -0.4 is 16.0 Å². The van der Waals surface area contributed by atoms with E-state index in [1.807, 2.05) is 42.5 Å². The first kappa shape index (κ1) is 24.6. The number of nitrogens with zero attached hydrogens (tertiary/aromatic N) is 2. The van der Waals surface area contributed by atoms with Crippen molar-refractivity contribution in [3.63, 3.8) is 0 Å². The fraction of sp³-hybridized carbons (Fsp3) is 0.455. The van der Waals surface area contributed by atoms with Crippen LogP contribution in [0.1, 0.15) is 46.6 Å². The zero-order valence-electron chi connectivity index (χ0n) is 17.7. The van der Waals surface area contributed by atoms with E-state index in [2.05, 4.69) is 43.4 Å². The summed E-state index contributed by atoms with van der Waals surface area (Å²) < 4.78 is 0. The summed E-state index contributed by atoms with van der Waals surface area (Å²) in [5.41, 5.74) is 1.79. The van der Waals surface area contributed by atoms with Crippen LogP contribution in [0.25, 0.3) is 0 Å². The van der Waals surface area contributed by atoms with Crippen LogP contribution in [0.5, 0.6) is 0 Å². The summed E-state index contributed by atoms with van der Waals surface area (Å²) in [5, 5.41) is 11.8. The highest BCUT2D eigenvalue weighted by Crippen LogP contribution is 2.27. The standard InChI is InChI=1S/C22H31N5OS.HI/c1-3-24-21(28)18-10-8-17(9-11-18)15-25-22(23-2)26-16-19(20-7-6-14-29-20)27-12-4-5-13-27;/h6-11,14,19H,3-5,12-13,15-16H2,1-2H3,(H,24,28)(H2,23,25,26);1H. The van der Waals surface area contributed by atoms with Gasteiger partial charge in [-0.25, -0.2) is 0 Å². The van der Waals surface area contributed by atoms with Crippen LogP contribution in [0.3, 0.4) is 0 Å². The number of carbonyl (C=O) groups excluding carboxylic acids is 1. The van der Waals surface area contributed by atoms with Crippen molar-refractivity contribution in [1.82, 2.24) is 20.9 Å². The molecule has 1 fully saturated rings. The summed E-state index contributed by atoms with van der Waals surface area (Å²) in [4.78, 5) is 20.2. The topological polar surface area (TPSA) is 68.8 Å². The largest absolute Gasteiger partial charge is 0.354 e. The highest BCUT2D eigenvalue weighted by Gasteiger charge is 2.24. The summed E-state index contributed by atoms with van der Waals surface area (Å²) >= 11 is 1.82. The number of benzene rings is 1. The SMILES string of the molecule is CCNC(=O)c1ccc(CNC(=NC)NCC(c2cccs2)N2CCCC2)cc1.I.